The number of amides is 1. The Bertz CT molecular complexity index is 836. The van der Waals surface area contributed by atoms with Gasteiger partial charge < -0.3 is 5.32 Å². The molecule has 126 valence electrons. The lowest BCUT2D eigenvalue weighted by molar-refractivity contribution is -0.116. The van der Waals surface area contributed by atoms with E-state index in [9.17, 15) is 13.2 Å². The topological polar surface area (TPSA) is 75.3 Å². The van der Waals surface area contributed by atoms with Gasteiger partial charge in [-0.05, 0) is 42.3 Å². The maximum atomic E-state index is 12.4. The molecule has 2 N–H and O–H groups in total. The zero-order valence-electron chi connectivity index (χ0n) is 13.0. The molecule has 0 aliphatic carbocycles. The van der Waals surface area contributed by atoms with Crippen LogP contribution in [-0.4, -0.2) is 26.6 Å². The first-order chi connectivity index (χ1) is 11.5. The summed E-state index contributed by atoms with van der Waals surface area (Å²) in [5.74, 6) is 0.624. The minimum absolute atomic E-state index is 0.0332. The standard InChI is InChI=1S/C17H18N2O3S2/c20-17-9-6-13-12-15(7-8-16(13)19-17)24(21,22)18-10-11-23-14-4-2-1-3-5-14/h1-5,7-8,12,18H,6,9-11H2,(H,19,20). The summed E-state index contributed by atoms with van der Waals surface area (Å²) < 4.78 is 27.4. The quantitative estimate of drug-likeness (QED) is 0.612. The third kappa shape index (κ3) is 4.17. The number of aryl methyl sites for hydroxylation is 1. The number of hydrogen-bond donors (Lipinski definition) is 2. The molecule has 7 heteroatoms. The monoisotopic (exact) mass is 362 g/mol. The zero-order valence-corrected chi connectivity index (χ0v) is 14.6. The van der Waals surface area contributed by atoms with E-state index in [1.807, 2.05) is 30.3 Å². The highest BCUT2D eigenvalue weighted by molar-refractivity contribution is 7.99. The Kier molecular flexibility index (Phi) is 5.23. The maximum Gasteiger partial charge on any atom is 0.240 e. The van der Waals surface area contributed by atoms with Crippen molar-refractivity contribution >= 4 is 33.4 Å². The largest absolute Gasteiger partial charge is 0.326 e. The molecule has 0 aromatic heterocycles. The number of carbonyl (C=O) groups excluding carboxylic acids is 1. The molecule has 1 heterocycles. The lowest BCUT2D eigenvalue weighted by Gasteiger charge is -2.17. The number of thioether (sulfide) groups is 1. The van der Waals surface area contributed by atoms with Crippen molar-refractivity contribution in [2.75, 3.05) is 17.6 Å². The Balaban J connectivity index is 1.60. The van der Waals surface area contributed by atoms with Gasteiger partial charge in [-0.25, -0.2) is 13.1 Å². The van der Waals surface area contributed by atoms with E-state index in [2.05, 4.69) is 10.0 Å². The predicted octanol–water partition coefficient (Wildman–Crippen LogP) is 2.64. The maximum absolute atomic E-state index is 12.4. The Labute approximate surface area is 145 Å². The highest BCUT2D eigenvalue weighted by Gasteiger charge is 2.19. The molecule has 1 aliphatic heterocycles. The minimum atomic E-state index is -3.54. The smallest absolute Gasteiger partial charge is 0.240 e. The fourth-order valence-corrected chi connectivity index (χ4v) is 4.47. The average Bonchev–Trinajstić information content (AvgIpc) is 2.59. The van der Waals surface area contributed by atoms with E-state index in [0.717, 1.165) is 10.5 Å². The molecule has 24 heavy (non-hydrogen) atoms. The van der Waals surface area contributed by atoms with Gasteiger partial charge in [0.05, 0.1) is 4.90 Å². The predicted molar refractivity (Wildman–Crippen MR) is 95.7 cm³/mol. The van der Waals surface area contributed by atoms with E-state index in [1.54, 1.807) is 23.9 Å². The molecule has 1 aliphatic rings. The second-order valence-electron chi connectivity index (χ2n) is 5.43. The van der Waals surface area contributed by atoms with Crippen LogP contribution in [0.4, 0.5) is 5.69 Å². The van der Waals surface area contributed by atoms with Crippen molar-refractivity contribution in [2.45, 2.75) is 22.6 Å². The van der Waals surface area contributed by atoms with E-state index >= 15 is 0 Å². The first-order valence-electron chi connectivity index (χ1n) is 7.65. The summed E-state index contributed by atoms with van der Waals surface area (Å²) in [6, 6.07) is 14.7. The third-order valence-corrected chi connectivity index (χ3v) is 6.16. The molecular formula is C17H18N2O3S2. The Morgan fingerprint density at radius 1 is 1.08 bits per heavy atom. The van der Waals surface area contributed by atoms with Crippen molar-refractivity contribution in [1.82, 2.24) is 4.72 Å². The normalized spacial score (nSPS) is 14.1. The van der Waals surface area contributed by atoms with E-state index in [4.69, 9.17) is 0 Å². The highest BCUT2D eigenvalue weighted by Crippen LogP contribution is 2.25. The van der Waals surface area contributed by atoms with Crippen LogP contribution in [0.2, 0.25) is 0 Å². The number of carbonyl (C=O) groups is 1. The zero-order chi connectivity index (χ0) is 17.0. The van der Waals surface area contributed by atoms with Crippen LogP contribution < -0.4 is 10.0 Å². The van der Waals surface area contributed by atoms with Crippen LogP contribution in [0.1, 0.15) is 12.0 Å². The summed E-state index contributed by atoms with van der Waals surface area (Å²) in [6.07, 6.45) is 0.950. The Hall–Kier alpha value is -1.83. The van der Waals surface area contributed by atoms with Gasteiger partial charge in [-0.3, -0.25) is 4.79 Å². The molecule has 1 amide bonds. The van der Waals surface area contributed by atoms with Crippen LogP contribution in [-0.2, 0) is 21.2 Å². The van der Waals surface area contributed by atoms with Crippen molar-refractivity contribution < 1.29 is 13.2 Å². The minimum Gasteiger partial charge on any atom is -0.326 e. The number of anilines is 1. The van der Waals surface area contributed by atoms with Gasteiger partial charge in [0.15, 0.2) is 0 Å². The van der Waals surface area contributed by atoms with Crippen LogP contribution in [0.15, 0.2) is 58.3 Å². The van der Waals surface area contributed by atoms with Gasteiger partial charge in [0, 0.05) is 29.3 Å². The molecule has 0 unspecified atom stereocenters. The van der Waals surface area contributed by atoms with Crippen LogP contribution in [0.3, 0.4) is 0 Å². The number of fused-ring (bicyclic) bond motifs is 1. The summed E-state index contributed by atoms with van der Waals surface area (Å²) in [5.41, 5.74) is 1.56. The molecule has 2 aromatic rings. The van der Waals surface area contributed by atoms with Crippen LogP contribution in [0, 0.1) is 0 Å². The molecule has 0 saturated carbocycles. The van der Waals surface area contributed by atoms with Crippen molar-refractivity contribution in [1.29, 1.82) is 0 Å². The van der Waals surface area contributed by atoms with Gasteiger partial charge in [-0.15, -0.1) is 11.8 Å². The number of nitrogens with one attached hydrogen (secondary N) is 2. The van der Waals surface area contributed by atoms with Gasteiger partial charge in [0.25, 0.3) is 0 Å². The molecule has 0 saturated heterocycles. The summed E-state index contributed by atoms with van der Waals surface area (Å²) in [5, 5.41) is 2.75. The molecule has 0 atom stereocenters. The molecule has 0 fully saturated rings. The third-order valence-electron chi connectivity index (χ3n) is 3.69. The molecule has 0 spiro atoms. The van der Waals surface area contributed by atoms with Crippen LogP contribution in [0.25, 0.3) is 0 Å². The molecule has 3 rings (SSSR count). The number of hydrogen-bond acceptors (Lipinski definition) is 4. The van der Waals surface area contributed by atoms with Crippen molar-refractivity contribution in [3.8, 4) is 0 Å². The fourth-order valence-electron chi connectivity index (χ4n) is 2.47. The van der Waals surface area contributed by atoms with Crippen molar-refractivity contribution in [3.63, 3.8) is 0 Å². The van der Waals surface area contributed by atoms with E-state index in [1.165, 1.54) is 6.07 Å². The molecule has 5 nitrogen and oxygen atoms in total. The van der Waals surface area contributed by atoms with Crippen molar-refractivity contribution in [3.05, 3.63) is 54.1 Å². The highest BCUT2D eigenvalue weighted by atomic mass is 32.2. The SMILES string of the molecule is O=C1CCc2cc(S(=O)(=O)NCCSc3ccccc3)ccc2N1. The first kappa shape index (κ1) is 17.0. The lowest BCUT2D eigenvalue weighted by atomic mass is 10.0. The summed E-state index contributed by atoms with van der Waals surface area (Å²) in [4.78, 5) is 12.7. The second kappa shape index (κ2) is 7.38. The first-order valence-corrected chi connectivity index (χ1v) is 10.1. The van der Waals surface area contributed by atoms with Gasteiger partial charge >= 0.3 is 0 Å². The fraction of sp³-hybridized carbons (Fsp3) is 0.235. The number of rotatable bonds is 6. The van der Waals surface area contributed by atoms with E-state index in [-0.39, 0.29) is 10.8 Å². The summed E-state index contributed by atoms with van der Waals surface area (Å²) in [6.45, 7) is 0.357. The van der Waals surface area contributed by atoms with Gasteiger partial charge in [0.2, 0.25) is 15.9 Å². The summed E-state index contributed by atoms with van der Waals surface area (Å²) >= 11 is 1.60. The summed E-state index contributed by atoms with van der Waals surface area (Å²) in [7, 11) is -3.54. The lowest BCUT2D eigenvalue weighted by Crippen LogP contribution is -2.26. The average molecular weight is 362 g/mol. The van der Waals surface area contributed by atoms with Crippen LogP contribution in [0.5, 0.6) is 0 Å². The Morgan fingerprint density at radius 3 is 2.67 bits per heavy atom. The van der Waals surface area contributed by atoms with Gasteiger partial charge in [-0.1, -0.05) is 18.2 Å². The van der Waals surface area contributed by atoms with Crippen molar-refractivity contribution in [2.24, 2.45) is 0 Å². The van der Waals surface area contributed by atoms with Gasteiger partial charge in [0.1, 0.15) is 0 Å². The number of sulfonamides is 1. The van der Waals surface area contributed by atoms with E-state index < -0.39 is 10.0 Å². The molecule has 2 aromatic carbocycles. The molecule has 0 radical (unpaired) electrons. The second-order valence-corrected chi connectivity index (χ2v) is 8.36. The van der Waals surface area contributed by atoms with Gasteiger partial charge in [-0.2, -0.15) is 0 Å². The Morgan fingerprint density at radius 2 is 1.88 bits per heavy atom. The van der Waals surface area contributed by atoms with E-state index in [0.29, 0.717) is 30.8 Å². The van der Waals surface area contributed by atoms with Crippen LogP contribution >= 0.6 is 11.8 Å². The molecular weight excluding hydrogens is 344 g/mol. The molecule has 0 bridgehead atoms. The number of benzene rings is 2.